The maximum atomic E-state index is 4.49. The quantitative estimate of drug-likeness (QED) is 0.943. The minimum Gasteiger partial charge on any atom is -0.357 e. The average Bonchev–Trinajstić information content (AvgIpc) is 2.84. The molecule has 112 valence electrons. The molecule has 0 bridgehead atoms. The van der Waals surface area contributed by atoms with Crippen LogP contribution in [0.1, 0.15) is 28.4 Å². The number of thiazole rings is 1. The highest BCUT2D eigenvalue weighted by Crippen LogP contribution is 2.20. The molecular formula is C16H22N4S. The molecule has 1 saturated heterocycles. The second-order valence-corrected chi connectivity index (χ2v) is 6.86. The number of hydrogen-bond donors (Lipinski definition) is 1. The third-order valence-corrected chi connectivity index (χ3v) is 5.09. The van der Waals surface area contributed by atoms with E-state index in [-0.39, 0.29) is 0 Å². The SMILES string of the molecule is Cc1nc(C)c(CNC2CCN(c3ccccn3)CC2)s1. The summed E-state index contributed by atoms with van der Waals surface area (Å²) in [6, 6.07) is 6.72. The topological polar surface area (TPSA) is 41.1 Å². The van der Waals surface area contributed by atoms with Gasteiger partial charge in [0, 0.05) is 36.8 Å². The second-order valence-electron chi connectivity index (χ2n) is 5.57. The lowest BCUT2D eigenvalue weighted by Crippen LogP contribution is -2.42. The van der Waals surface area contributed by atoms with Crippen LogP contribution in [0.4, 0.5) is 5.82 Å². The van der Waals surface area contributed by atoms with Gasteiger partial charge in [0.1, 0.15) is 5.82 Å². The molecule has 3 heterocycles. The van der Waals surface area contributed by atoms with E-state index >= 15 is 0 Å². The first-order chi connectivity index (χ1) is 10.2. The molecule has 3 rings (SSSR count). The Labute approximate surface area is 130 Å². The van der Waals surface area contributed by atoms with Crippen LogP contribution in [0.3, 0.4) is 0 Å². The van der Waals surface area contributed by atoms with E-state index in [4.69, 9.17) is 0 Å². The zero-order valence-corrected chi connectivity index (χ0v) is 13.5. The number of pyridine rings is 1. The van der Waals surface area contributed by atoms with E-state index < -0.39 is 0 Å². The molecule has 1 aliphatic heterocycles. The first kappa shape index (κ1) is 14.5. The predicted molar refractivity (Wildman–Crippen MR) is 87.9 cm³/mol. The fourth-order valence-electron chi connectivity index (χ4n) is 2.83. The zero-order valence-electron chi connectivity index (χ0n) is 12.7. The molecule has 4 nitrogen and oxygen atoms in total. The van der Waals surface area contributed by atoms with Gasteiger partial charge >= 0.3 is 0 Å². The highest BCUT2D eigenvalue weighted by Gasteiger charge is 2.20. The maximum absolute atomic E-state index is 4.49. The molecule has 1 aliphatic rings. The lowest BCUT2D eigenvalue weighted by Gasteiger charge is -2.33. The number of rotatable bonds is 4. The van der Waals surface area contributed by atoms with Crippen LogP contribution in [0.2, 0.25) is 0 Å². The van der Waals surface area contributed by atoms with Gasteiger partial charge in [-0.3, -0.25) is 0 Å². The van der Waals surface area contributed by atoms with Crippen molar-refractivity contribution >= 4 is 17.2 Å². The first-order valence-electron chi connectivity index (χ1n) is 7.54. The number of aromatic nitrogens is 2. The van der Waals surface area contributed by atoms with E-state index in [0.717, 1.165) is 30.5 Å². The first-order valence-corrected chi connectivity index (χ1v) is 8.36. The second kappa shape index (κ2) is 6.54. The molecule has 0 amide bonds. The summed E-state index contributed by atoms with van der Waals surface area (Å²) in [4.78, 5) is 12.7. The molecular weight excluding hydrogens is 280 g/mol. The van der Waals surface area contributed by atoms with Crippen molar-refractivity contribution < 1.29 is 0 Å². The van der Waals surface area contributed by atoms with Crippen molar-refractivity contribution in [2.45, 2.75) is 39.3 Å². The number of aryl methyl sites for hydroxylation is 2. The van der Waals surface area contributed by atoms with E-state index in [9.17, 15) is 0 Å². The van der Waals surface area contributed by atoms with E-state index in [1.165, 1.54) is 23.4 Å². The van der Waals surface area contributed by atoms with Gasteiger partial charge in [0.15, 0.2) is 0 Å². The van der Waals surface area contributed by atoms with Crippen LogP contribution in [0.5, 0.6) is 0 Å². The molecule has 2 aromatic heterocycles. The van der Waals surface area contributed by atoms with Gasteiger partial charge in [0.2, 0.25) is 0 Å². The molecule has 5 heteroatoms. The summed E-state index contributed by atoms with van der Waals surface area (Å²) in [5.74, 6) is 1.10. The van der Waals surface area contributed by atoms with Gasteiger partial charge in [-0.15, -0.1) is 11.3 Å². The highest BCUT2D eigenvalue weighted by atomic mass is 32.1. The van der Waals surface area contributed by atoms with Crippen molar-refractivity contribution in [2.24, 2.45) is 0 Å². The van der Waals surface area contributed by atoms with Crippen molar-refractivity contribution in [3.05, 3.63) is 40.0 Å². The molecule has 0 radical (unpaired) electrons. The Kier molecular flexibility index (Phi) is 4.51. The summed E-state index contributed by atoms with van der Waals surface area (Å²) in [5, 5.41) is 4.85. The molecule has 0 saturated carbocycles. The van der Waals surface area contributed by atoms with Crippen LogP contribution in [0.15, 0.2) is 24.4 Å². The smallest absolute Gasteiger partial charge is 0.128 e. The maximum Gasteiger partial charge on any atom is 0.128 e. The van der Waals surface area contributed by atoms with Gasteiger partial charge in [0.25, 0.3) is 0 Å². The number of nitrogens with zero attached hydrogens (tertiary/aromatic N) is 3. The van der Waals surface area contributed by atoms with Crippen LogP contribution in [0, 0.1) is 13.8 Å². The van der Waals surface area contributed by atoms with Crippen molar-refractivity contribution in [1.82, 2.24) is 15.3 Å². The van der Waals surface area contributed by atoms with E-state index in [1.54, 1.807) is 11.3 Å². The molecule has 0 spiro atoms. The molecule has 0 aromatic carbocycles. The Morgan fingerprint density at radius 1 is 1.29 bits per heavy atom. The Morgan fingerprint density at radius 3 is 2.71 bits per heavy atom. The summed E-state index contributed by atoms with van der Waals surface area (Å²) < 4.78 is 0. The Bertz CT molecular complexity index is 573. The molecule has 2 aromatic rings. The van der Waals surface area contributed by atoms with Gasteiger partial charge < -0.3 is 10.2 Å². The summed E-state index contributed by atoms with van der Waals surface area (Å²) in [5.41, 5.74) is 1.18. The van der Waals surface area contributed by atoms with Gasteiger partial charge in [-0.25, -0.2) is 9.97 Å². The fourth-order valence-corrected chi connectivity index (χ4v) is 3.72. The van der Waals surface area contributed by atoms with Gasteiger partial charge in [-0.1, -0.05) is 6.07 Å². The number of piperidine rings is 1. The number of nitrogens with one attached hydrogen (secondary N) is 1. The summed E-state index contributed by atoms with van der Waals surface area (Å²) in [6.45, 7) is 7.28. The largest absolute Gasteiger partial charge is 0.357 e. The van der Waals surface area contributed by atoms with Gasteiger partial charge in [-0.05, 0) is 38.8 Å². The standard InChI is InChI=1S/C16H22N4S/c1-12-15(21-13(2)19-12)11-18-14-6-9-20(10-7-14)16-5-3-4-8-17-16/h3-5,8,14,18H,6-7,9-11H2,1-2H3. The van der Waals surface area contributed by atoms with Crippen molar-refractivity contribution in [3.63, 3.8) is 0 Å². The Morgan fingerprint density at radius 2 is 2.10 bits per heavy atom. The van der Waals surface area contributed by atoms with Crippen LogP contribution in [0.25, 0.3) is 0 Å². The monoisotopic (exact) mass is 302 g/mol. The van der Waals surface area contributed by atoms with Gasteiger partial charge in [0.05, 0.1) is 10.7 Å². The van der Waals surface area contributed by atoms with Crippen LogP contribution >= 0.6 is 11.3 Å². The van der Waals surface area contributed by atoms with Crippen molar-refractivity contribution in [2.75, 3.05) is 18.0 Å². The lowest BCUT2D eigenvalue weighted by molar-refractivity contribution is 0.413. The van der Waals surface area contributed by atoms with Crippen molar-refractivity contribution in [3.8, 4) is 0 Å². The van der Waals surface area contributed by atoms with E-state index in [0.29, 0.717) is 6.04 Å². The summed E-state index contributed by atoms with van der Waals surface area (Å²) in [6.07, 6.45) is 4.22. The predicted octanol–water partition coefficient (Wildman–Crippen LogP) is 2.91. The van der Waals surface area contributed by atoms with Crippen LogP contribution < -0.4 is 10.2 Å². The normalized spacial score (nSPS) is 16.4. The summed E-state index contributed by atoms with van der Waals surface area (Å²) in [7, 11) is 0. The minimum atomic E-state index is 0.603. The Balaban J connectivity index is 1.49. The third-order valence-electron chi connectivity index (χ3n) is 4.02. The van der Waals surface area contributed by atoms with E-state index in [2.05, 4.69) is 46.2 Å². The molecule has 0 atom stereocenters. The summed E-state index contributed by atoms with van der Waals surface area (Å²) >= 11 is 1.81. The number of hydrogen-bond acceptors (Lipinski definition) is 5. The highest BCUT2D eigenvalue weighted by molar-refractivity contribution is 7.11. The third kappa shape index (κ3) is 3.60. The molecule has 0 aliphatic carbocycles. The molecule has 0 unspecified atom stereocenters. The van der Waals surface area contributed by atoms with E-state index in [1.807, 2.05) is 12.3 Å². The van der Waals surface area contributed by atoms with Crippen LogP contribution in [-0.4, -0.2) is 29.1 Å². The average molecular weight is 302 g/mol. The fraction of sp³-hybridized carbons (Fsp3) is 0.500. The van der Waals surface area contributed by atoms with Gasteiger partial charge in [-0.2, -0.15) is 0 Å². The van der Waals surface area contributed by atoms with Crippen molar-refractivity contribution in [1.29, 1.82) is 0 Å². The lowest BCUT2D eigenvalue weighted by atomic mass is 10.0. The number of anilines is 1. The zero-order chi connectivity index (χ0) is 14.7. The van der Waals surface area contributed by atoms with Crippen LogP contribution in [-0.2, 0) is 6.54 Å². The molecule has 1 N–H and O–H groups in total. The molecule has 1 fully saturated rings. The minimum absolute atomic E-state index is 0.603. The molecule has 21 heavy (non-hydrogen) atoms. The Hall–Kier alpha value is -1.46.